The van der Waals surface area contributed by atoms with Gasteiger partial charge in [0.05, 0.1) is 6.26 Å². The predicted molar refractivity (Wildman–Crippen MR) is 65.8 cm³/mol. The Bertz CT molecular complexity index is 330. The summed E-state index contributed by atoms with van der Waals surface area (Å²) < 4.78 is 5.00. The Balaban J connectivity index is 2.25. The highest BCUT2D eigenvalue weighted by Gasteiger charge is 2.19. The first-order valence-corrected chi connectivity index (χ1v) is 6.09. The molecule has 1 aromatic rings. The highest BCUT2D eigenvalue weighted by atomic mass is 16.3. The molecule has 4 heteroatoms. The number of ketones is 1. The Morgan fingerprint density at radius 1 is 1.59 bits per heavy atom. The molecule has 17 heavy (non-hydrogen) atoms. The van der Waals surface area contributed by atoms with Crippen molar-refractivity contribution in [1.29, 1.82) is 0 Å². The van der Waals surface area contributed by atoms with Crippen LogP contribution in [0.4, 0.5) is 0 Å². The van der Waals surface area contributed by atoms with Gasteiger partial charge in [0.1, 0.15) is 5.72 Å². The summed E-state index contributed by atoms with van der Waals surface area (Å²) in [7, 11) is 0. The van der Waals surface area contributed by atoms with Crippen LogP contribution in [0.2, 0.25) is 0 Å². The van der Waals surface area contributed by atoms with E-state index in [0.717, 1.165) is 12.8 Å². The maximum Gasteiger partial charge on any atom is 0.199 e. The van der Waals surface area contributed by atoms with Crippen LogP contribution in [-0.2, 0) is 0 Å². The van der Waals surface area contributed by atoms with E-state index in [2.05, 4.69) is 12.2 Å². The zero-order chi connectivity index (χ0) is 12.7. The molecule has 1 heterocycles. The van der Waals surface area contributed by atoms with Crippen LogP contribution in [-0.4, -0.2) is 23.2 Å². The SMILES string of the molecule is CCCCC(C)(O)NCCC(=O)c1ccco1. The highest BCUT2D eigenvalue weighted by molar-refractivity contribution is 5.93. The second-order valence-corrected chi connectivity index (χ2v) is 4.45. The molecule has 0 aliphatic rings. The number of rotatable bonds is 8. The third-order valence-electron chi connectivity index (χ3n) is 2.67. The molecule has 0 aromatic carbocycles. The number of Topliss-reactive ketones (excluding diaryl/α,β-unsaturated/α-hetero) is 1. The molecule has 0 aliphatic heterocycles. The van der Waals surface area contributed by atoms with Gasteiger partial charge in [-0.15, -0.1) is 0 Å². The van der Waals surface area contributed by atoms with E-state index in [1.54, 1.807) is 19.1 Å². The van der Waals surface area contributed by atoms with Crippen LogP contribution >= 0.6 is 0 Å². The lowest BCUT2D eigenvalue weighted by Crippen LogP contribution is -2.43. The summed E-state index contributed by atoms with van der Waals surface area (Å²) in [5.41, 5.74) is -0.889. The van der Waals surface area contributed by atoms with Gasteiger partial charge in [-0.2, -0.15) is 0 Å². The standard InChI is InChI=1S/C13H21NO3/c1-3-4-8-13(2,16)14-9-7-11(15)12-6-5-10-17-12/h5-6,10,14,16H,3-4,7-9H2,1-2H3. The van der Waals surface area contributed by atoms with Gasteiger partial charge >= 0.3 is 0 Å². The minimum atomic E-state index is -0.889. The summed E-state index contributed by atoms with van der Waals surface area (Å²) >= 11 is 0. The quantitative estimate of drug-likeness (QED) is 0.540. The van der Waals surface area contributed by atoms with Crippen LogP contribution in [0.3, 0.4) is 0 Å². The van der Waals surface area contributed by atoms with E-state index in [-0.39, 0.29) is 5.78 Å². The van der Waals surface area contributed by atoms with Crippen molar-refractivity contribution >= 4 is 5.78 Å². The topological polar surface area (TPSA) is 62.5 Å². The first-order valence-electron chi connectivity index (χ1n) is 6.09. The van der Waals surface area contributed by atoms with Crippen LogP contribution in [0.25, 0.3) is 0 Å². The number of furan rings is 1. The maximum absolute atomic E-state index is 11.6. The molecule has 2 N–H and O–H groups in total. The number of hydrogen-bond acceptors (Lipinski definition) is 4. The third kappa shape index (κ3) is 5.15. The van der Waals surface area contributed by atoms with Crippen molar-refractivity contribution in [3.63, 3.8) is 0 Å². The number of carbonyl (C=O) groups is 1. The highest BCUT2D eigenvalue weighted by Crippen LogP contribution is 2.10. The van der Waals surface area contributed by atoms with Gasteiger partial charge in [0.15, 0.2) is 11.5 Å². The fraction of sp³-hybridized carbons (Fsp3) is 0.615. The summed E-state index contributed by atoms with van der Waals surface area (Å²) in [6.45, 7) is 4.27. The number of unbranched alkanes of at least 4 members (excludes halogenated alkanes) is 1. The maximum atomic E-state index is 11.6. The molecule has 1 atom stereocenters. The van der Waals surface area contributed by atoms with E-state index in [9.17, 15) is 9.90 Å². The largest absolute Gasteiger partial charge is 0.461 e. The number of hydrogen-bond donors (Lipinski definition) is 2. The van der Waals surface area contributed by atoms with Crippen molar-refractivity contribution in [3.05, 3.63) is 24.2 Å². The van der Waals surface area contributed by atoms with Crippen LogP contribution in [0.5, 0.6) is 0 Å². The zero-order valence-corrected chi connectivity index (χ0v) is 10.5. The Labute approximate surface area is 102 Å². The summed E-state index contributed by atoms with van der Waals surface area (Å²) in [4.78, 5) is 11.6. The van der Waals surface area contributed by atoms with Gasteiger partial charge in [-0.3, -0.25) is 10.1 Å². The van der Waals surface area contributed by atoms with E-state index in [4.69, 9.17) is 4.42 Å². The fourth-order valence-electron chi connectivity index (χ4n) is 1.62. The molecule has 0 spiro atoms. The second kappa shape index (κ2) is 6.57. The summed E-state index contributed by atoms with van der Waals surface area (Å²) in [5, 5.41) is 12.9. The van der Waals surface area contributed by atoms with Crippen LogP contribution in [0.1, 0.15) is 50.1 Å². The van der Waals surface area contributed by atoms with Crippen molar-refractivity contribution in [1.82, 2.24) is 5.32 Å². The molecular weight excluding hydrogens is 218 g/mol. The Morgan fingerprint density at radius 2 is 2.35 bits per heavy atom. The molecule has 96 valence electrons. The van der Waals surface area contributed by atoms with Gasteiger partial charge in [0.25, 0.3) is 0 Å². The van der Waals surface area contributed by atoms with Crippen LogP contribution in [0, 0.1) is 0 Å². The van der Waals surface area contributed by atoms with Crippen molar-refractivity contribution in [3.8, 4) is 0 Å². The fourth-order valence-corrected chi connectivity index (χ4v) is 1.62. The van der Waals surface area contributed by atoms with Gasteiger partial charge in [-0.25, -0.2) is 0 Å². The van der Waals surface area contributed by atoms with Crippen molar-refractivity contribution in [2.24, 2.45) is 0 Å². The number of carbonyl (C=O) groups excluding carboxylic acids is 1. The zero-order valence-electron chi connectivity index (χ0n) is 10.5. The Kier molecular flexibility index (Phi) is 5.38. The lowest BCUT2D eigenvalue weighted by Gasteiger charge is -2.24. The van der Waals surface area contributed by atoms with E-state index in [1.165, 1.54) is 6.26 Å². The summed E-state index contributed by atoms with van der Waals surface area (Å²) in [6.07, 6.45) is 4.52. The van der Waals surface area contributed by atoms with Gasteiger partial charge in [-0.05, 0) is 31.9 Å². The lowest BCUT2D eigenvalue weighted by molar-refractivity contribution is 0.0140. The van der Waals surface area contributed by atoms with Gasteiger partial charge < -0.3 is 9.52 Å². The third-order valence-corrected chi connectivity index (χ3v) is 2.67. The van der Waals surface area contributed by atoms with E-state index in [1.807, 2.05) is 0 Å². The minimum absolute atomic E-state index is 0.0474. The van der Waals surface area contributed by atoms with Crippen molar-refractivity contribution < 1.29 is 14.3 Å². The van der Waals surface area contributed by atoms with Crippen molar-refractivity contribution in [2.75, 3.05) is 6.54 Å². The molecule has 1 aromatic heterocycles. The van der Waals surface area contributed by atoms with Gasteiger partial charge in [0, 0.05) is 13.0 Å². The molecule has 0 aliphatic carbocycles. The molecule has 0 bridgehead atoms. The van der Waals surface area contributed by atoms with Crippen LogP contribution in [0.15, 0.2) is 22.8 Å². The summed E-state index contributed by atoms with van der Waals surface area (Å²) in [6, 6.07) is 3.34. The Hall–Kier alpha value is -1.13. The molecule has 1 unspecified atom stereocenters. The molecule has 0 amide bonds. The molecule has 4 nitrogen and oxygen atoms in total. The first-order chi connectivity index (χ1) is 8.05. The van der Waals surface area contributed by atoms with E-state index in [0.29, 0.717) is 25.1 Å². The molecule has 0 saturated heterocycles. The molecule has 1 rings (SSSR count). The lowest BCUT2D eigenvalue weighted by atomic mass is 10.1. The van der Waals surface area contributed by atoms with Crippen molar-refractivity contribution in [2.45, 2.75) is 45.3 Å². The van der Waals surface area contributed by atoms with Crippen LogP contribution < -0.4 is 5.32 Å². The van der Waals surface area contributed by atoms with E-state index >= 15 is 0 Å². The molecule has 0 fully saturated rings. The summed E-state index contributed by atoms with van der Waals surface area (Å²) in [5.74, 6) is 0.328. The second-order valence-electron chi connectivity index (χ2n) is 4.45. The molecule has 0 radical (unpaired) electrons. The molecule has 0 saturated carbocycles. The normalized spacial score (nSPS) is 14.5. The molecular formula is C13H21NO3. The Morgan fingerprint density at radius 3 is 2.94 bits per heavy atom. The van der Waals surface area contributed by atoms with E-state index < -0.39 is 5.72 Å². The smallest absolute Gasteiger partial charge is 0.199 e. The van der Waals surface area contributed by atoms with Gasteiger partial charge in [0.2, 0.25) is 0 Å². The minimum Gasteiger partial charge on any atom is -0.461 e. The van der Waals surface area contributed by atoms with Gasteiger partial charge in [-0.1, -0.05) is 13.3 Å². The number of nitrogens with one attached hydrogen (secondary N) is 1. The average molecular weight is 239 g/mol. The predicted octanol–water partition coefficient (Wildman–Crippen LogP) is 2.34. The first kappa shape index (κ1) is 13.9. The average Bonchev–Trinajstić information content (AvgIpc) is 2.79. The monoisotopic (exact) mass is 239 g/mol. The number of aliphatic hydroxyl groups is 1.